The average Bonchev–Trinajstić information content (AvgIpc) is 2.38. The minimum atomic E-state index is -0.327. The van der Waals surface area contributed by atoms with E-state index in [1.165, 1.54) is 26.0 Å². The fourth-order valence-corrected chi connectivity index (χ4v) is 2.94. The van der Waals surface area contributed by atoms with Crippen molar-refractivity contribution in [1.82, 2.24) is 0 Å². The minimum Gasteiger partial charge on any atom is -0.494 e. The second kappa shape index (κ2) is 5.49. The predicted molar refractivity (Wildman–Crippen MR) is 75.6 cm³/mol. The van der Waals surface area contributed by atoms with E-state index < -0.39 is 0 Å². The summed E-state index contributed by atoms with van der Waals surface area (Å²) in [5.41, 5.74) is 7.62. The highest BCUT2D eigenvalue weighted by molar-refractivity contribution is 5.31. The van der Waals surface area contributed by atoms with Gasteiger partial charge in [-0.05, 0) is 54.7 Å². The summed E-state index contributed by atoms with van der Waals surface area (Å²) < 4.78 is 18.7. The van der Waals surface area contributed by atoms with E-state index in [0.29, 0.717) is 11.3 Å². The summed E-state index contributed by atoms with van der Waals surface area (Å²) in [6.07, 6.45) is 4.65. The summed E-state index contributed by atoms with van der Waals surface area (Å²) in [4.78, 5) is 0. The summed E-state index contributed by atoms with van der Waals surface area (Å²) in [6, 6.07) is 4.99. The lowest BCUT2D eigenvalue weighted by molar-refractivity contribution is 0.173. The van der Waals surface area contributed by atoms with Crippen molar-refractivity contribution in [2.75, 3.05) is 7.11 Å². The van der Waals surface area contributed by atoms with E-state index in [2.05, 4.69) is 13.8 Å². The Bertz CT molecular complexity index is 434. The van der Waals surface area contributed by atoms with Crippen LogP contribution in [0.4, 0.5) is 4.39 Å². The Labute approximate surface area is 115 Å². The molecule has 2 N–H and O–H groups in total. The van der Waals surface area contributed by atoms with E-state index in [4.69, 9.17) is 10.5 Å². The normalized spacial score (nSPS) is 21.1. The van der Waals surface area contributed by atoms with E-state index in [1.807, 2.05) is 6.07 Å². The first-order valence-electron chi connectivity index (χ1n) is 7.02. The molecule has 106 valence electrons. The molecule has 1 fully saturated rings. The molecule has 1 aromatic rings. The third-order valence-electron chi connectivity index (χ3n) is 4.45. The van der Waals surface area contributed by atoms with Gasteiger partial charge in [0.15, 0.2) is 11.6 Å². The number of nitrogens with two attached hydrogens (primary N) is 1. The number of methoxy groups -OCH3 is 1. The summed E-state index contributed by atoms with van der Waals surface area (Å²) in [5.74, 6) is 0.410. The Morgan fingerprint density at radius 3 is 2.47 bits per heavy atom. The number of hydrogen-bond acceptors (Lipinski definition) is 2. The van der Waals surface area contributed by atoms with Gasteiger partial charge >= 0.3 is 0 Å². The molecule has 1 aromatic carbocycles. The van der Waals surface area contributed by atoms with Crippen LogP contribution >= 0.6 is 0 Å². The average molecular weight is 265 g/mol. The lowest BCUT2D eigenvalue weighted by Gasteiger charge is -2.37. The molecule has 0 bridgehead atoms. The zero-order valence-corrected chi connectivity index (χ0v) is 12.1. The molecule has 0 amide bonds. The number of hydrogen-bond donors (Lipinski definition) is 1. The molecule has 0 saturated heterocycles. The Hall–Kier alpha value is -1.09. The Balaban J connectivity index is 2.08. The van der Waals surface area contributed by atoms with Crippen LogP contribution in [0.15, 0.2) is 18.2 Å². The van der Waals surface area contributed by atoms with Crippen LogP contribution in [0.25, 0.3) is 0 Å². The van der Waals surface area contributed by atoms with E-state index in [-0.39, 0.29) is 17.6 Å². The van der Waals surface area contributed by atoms with Crippen molar-refractivity contribution >= 4 is 0 Å². The van der Waals surface area contributed by atoms with Crippen molar-refractivity contribution in [2.45, 2.75) is 45.6 Å². The minimum absolute atomic E-state index is 0.0727. The Morgan fingerprint density at radius 1 is 1.32 bits per heavy atom. The summed E-state index contributed by atoms with van der Waals surface area (Å²) in [7, 11) is 1.47. The van der Waals surface area contributed by atoms with Gasteiger partial charge < -0.3 is 10.5 Å². The zero-order valence-electron chi connectivity index (χ0n) is 12.1. The zero-order chi connectivity index (χ0) is 14.0. The lowest BCUT2D eigenvalue weighted by Crippen LogP contribution is -2.29. The third-order valence-corrected chi connectivity index (χ3v) is 4.45. The fraction of sp³-hybridized carbons (Fsp3) is 0.625. The number of rotatable bonds is 3. The van der Waals surface area contributed by atoms with E-state index >= 15 is 0 Å². The molecule has 3 heteroatoms. The van der Waals surface area contributed by atoms with Gasteiger partial charge in [0, 0.05) is 6.04 Å². The first-order valence-corrected chi connectivity index (χ1v) is 7.02. The van der Waals surface area contributed by atoms with Crippen molar-refractivity contribution in [1.29, 1.82) is 0 Å². The number of benzene rings is 1. The van der Waals surface area contributed by atoms with Crippen LogP contribution in [0.2, 0.25) is 0 Å². The predicted octanol–water partition coefficient (Wildman–Crippen LogP) is 4.05. The molecular formula is C16H24FNO. The highest BCUT2D eigenvalue weighted by atomic mass is 19.1. The largest absolute Gasteiger partial charge is 0.494 e. The van der Waals surface area contributed by atoms with Gasteiger partial charge in [0.2, 0.25) is 0 Å². The van der Waals surface area contributed by atoms with Crippen molar-refractivity contribution in [3.8, 4) is 5.75 Å². The second-order valence-corrected chi connectivity index (χ2v) is 6.42. The molecule has 19 heavy (non-hydrogen) atoms. The molecule has 1 atom stereocenters. The van der Waals surface area contributed by atoms with Gasteiger partial charge in [0.05, 0.1) is 7.11 Å². The first-order chi connectivity index (χ1) is 8.93. The van der Waals surface area contributed by atoms with E-state index in [1.54, 1.807) is 6.07 Å². The SMILES string of the molecule is COc1ccc(C(N)C2CCC(C)(C)CC2)cc1F. The van der Waals surface area contributed by atoms with Crippen molar-refractivity contribution in [2.24, 2.45) is 17.1 Å². The van der Waals surface area contributed by atoms with Gasteiger partial charge in [-0.3, -0.25) is 0 Å². The van der Waals surface area contributed by atoms with Crippen LogP contribution in [0.3, 0.4) is 0 Å². The van der Waals surface area contributed by atoms with Crippen molar-refractivity contribution in [3.05, 3.63) is 29.6 Å². The standard InChI is InChI=1S/C16H24FNO/c1-16(2)8-6-11(7-9-16)15(18)12-4-5-14(19-3)13(17)10-12/h4-5,10-11,15H,6-9,18H2,1-3H3. The number of ether oxygens (including phenoxy) is 1. The molecule has 1 saturated carbocycles. The first kappa shape index (κ1) is 14.3. The maximum atomic E-state index is 13.7. The van der Waals surface area contributed by atoms with Gasteiger partial charge in [-0.1, -0.05) is 19.9 Å². The molecular weight excluding hydrogens is 241 g/mol. The van der Waals surface area contributed by atoms with Crippen molar-refractivity contribution < 1.29 is 9.13 Å². The van der Waals surface area contributed by atoms with Gasteiger partial charge in [0.25, 0.3) is 0 Å². The topological polar surface area (TPSA) is 35.2 Å². The van der Waals surface area contributed by atoms with Gasteiger partial charge in [0.1, 0.15) is 0 Å². The summed E-state index contributed by atoms with van der Waals surface area (Å²) >= 11 is 0. The van der Waals surface area contributed by atoms with Crippen LogP contribution < -0.4 is 10.5 Å². The van der Waals surface area contributed by atoms with Crippen LogP contribution in [-0.2, 0) is 0 Å². The molecule has 0 heterocycles. The van der Waals surface area contributed by atoms with Crippen LogP contribution in [0, 0.1) is 17.2 Å². The molecule has 0 radical (unpaired) electrons. The van der Waals surface area contributed by atoms with Gasteiger partial charge in [-0.15, -0.1) is 0 Å². The number of halogens is 1. The van der Waals surface area contributed by atoms with Crippen molar-refractivity contribution in [3.63, 3.8) is 0 Å². The van der Waals surface area contributed by atoms with E-state index in [0.717, 1.165) is 18.4 Å². The second-order valence-electron chi connectivity index (χ2n) is 6.42. The molecule has 0 spiro atoms. The molecule has 1 unspecified atom stereocenters. The quantitative estimate of drug-likeness (QED) is 0.894. The maximum absolute atomic E-state index is 13.7. The monoisotopic (exact) mass is 265 g/mol. The van der Waals surface area contributed by atoms with Crippen LogP contribution in [0.5, 0.6) is 5.75 Å². The molecule has 0 aromatic heterocycles. The maximum Gasteiger partial charge on any atom is 0.165 e. The lowest BCUT2D eigenvalue weighted by atomic mass is 9.70. The van der Waals surface area contributed by atoms with Gasteiger partial charge in [-0.25, -0.2) is 4.39 Å². The molecule has 1 aliphatic carbocycles. The molecule has 2 nitrogen and oxygen atoms in total. The highest BCUT2D eigenvalue weighted by Gasteiger charge is 2.30. The fourth-order valence-electron chi connectivity index (χ4n) is 2.94. The molecule has 2 rings (SSSR count). The summed E-state index contributed by atoms with van der Waals surface area (Å²) in [5, 5.41) is 0. The third kappa shape index (κ3) is 3.27. The smallest absolute Gasteiger partial charge is 0.165 e. The van der Waals surface area contributed by atoms with Crippen LogP contribution in [-0.4, -0.2) is 7.11 Å². The molecule has 1 aliphatic rings. The molecule has 0 aliphatic heterocycles. The van der Waals surface area contributed by atoms with E-state index in [9.17, 15) is 4.39 Å². The Kier molecular flexibility index (Phi) is 4.14. The van der Waals surface area contributed by atoms with Crippen LogP contribution in [0.1, 0.15) is 51.1 Å². The van der Waals surface area contributed by atoms with Gasteiger partial charge in [-0.2, -0.15) is 0 Å². The highest BCUT2D eigenvalue weighted by Crippen LogP contribution is 2.42. The Morgan fingerprint density at radius 2 is 1.95 bits per heavy atom. The summed E-state index contributed by atoms with van der Waals surface area (Å²) in [6.45, 7) is 4.61.